The van der Waals surface area contributed by atoms with Crippen molar-refractivity contribution in [2.75, 3.05) is 4.90 Å². The first kappa shape index (κ1) is 24.4. The molecule has 5 aromatic carbocycles. The highest BCUT2D eigenvalue weighted by molar-refractivity contribution is 6.16. The van der Waals surface area contributed by atoms with Gasteiger partial charge in [-0.3, -0.25) is 9.59 Å². The van der Waals surface area contributed by atoms with E-state index in [1.54, 1.807) is 0 Å². The zero-order valence-corrected chi connectivity index (χ0v) is 21.7. The number of hydrogen-bond acceptors (Lipinski definition) is 3. The van der Waals surface area contributed by atoms with Gasteiger partial charge in [0.1, 0.15) is 0 Å². The average molecular weight is 509 g/mol. The van der Waals surface area contributed by atoms with Crippen LogP contribution in [0.5, 0.6) is 0 Å². The number of benzene rings is 5. The molecule has 6 rings (SSSR count). The van der Waals surface area contributed by atoms with Crippen LogP contribution in [0.1, 0.15) is 34.1 Å². The second kappa shape index (κ2) is 10.4. The minimum absolute atomic E-state index is 0.168. The third kappa shape index (κ3) is 4.62. The maximum absolute atomic E-state index is 13.2. The number of fused-ring (bicyclic) bond motifs is 3. The van der Waals surface area contributed by atoms with Crippen LogP contribution >= 0.6 is 0 Å². The summed E-state index contributed by atoms with van der Waals surface area (Å²) >= 11 is 0. The van der Waals surface area contributed by atoms with Gasteiger partial charge in [0.2, 0.25) is 0 Å². The SMILES string of the molecule is CCn1c2ccccc2c2cc(C(=O)CC(=O)c3ccc(N(c4ccccc4)c4ccccc4)cc3)ccc21. The third-order valence-electron chi connectivity index (χ3n) is 7.21. The topological polar surface area (TPSA) is 42.3 Å². The predicted molar refractivity (Wildman–Crippen MR) is 160 cm³/mol. The Morgan fingerprint density at radius 3 is 1.72 bits per heavy atom. The lowest BCUT2D eigenvalue weighted by molar-refractivity contribution is 0.0894. The van der Waals surface area contributed by atoms with Crippen molar-refractivity contribution in [3.63, 3.8) is 0 Å². The highest BCUT2D eigenvalue weighted by Gasteiger charge is 2.18. The lowest BCUT2D eigenvalue weighted by Crippen LogP contribution is -2.11. The van der Waals surface area contributed by atoms with Gasteiger partial charge >= 0.3 is 0 Å². The molecule has 0 unspecified atom stereocenters. The first-order chi connectivity index (χ1) is 19.1. The Balaban J connectivity index is 1.25. The molecular formula is C35H28N2O2. The number of hydrogen-bond donors (Lipinski definition) is 0. The van der Waals surface area contributed by atoms with Gasteiger partial charge in [-0.05, 0) is 79.7 Å². The molecule has 0 aliphatic heterocycles. The molecule has 4 heteroatoms. The number of anilines is 3. The molecule has 4 nitrogen and oxygen atoms in total. The Morgan fingerprint density at radius 2 is 1.08 bits per heavy atom. The van der Waals surface area contributed by atoms with E-state index < -0.39 is 0 Å². The fourth-order valence-electron chi connectivity index (χ4n) is 5.32. The number of carbonyl (C=O) groups excluding carboxylic acids is 2. The molecule has 0 N–H and O–H groups in total. The number of aryl methyl sites for hydroxylation is 1. The van der Waals surface area contributed by atoms with E-state index in [-0.39, 0.29) is 18.0 Å². The van der Waals surface area contributed by atoms with Crippen molar-refractivity contribution in [3.8, 4) is 0 Å². The normalized spacial score (nSPS) is 11.1. The summed E-state index contributed by atoms with van der Waals surface area (Å²) in [6.07, 6.45) is -0.168. The van der Waals surface area contributed by atoms with Crippen LogP contribution in [0.15, 0.2) is 127 Å². The van der Waals surface area contributed by atoms with Crippen LogP contribution < -0.4 is 4.90 Å². The van der Waals surface area contributed by atoms with Gasteiger partial charge in [0.05, 0.1) is 6.42 Å². The monoisotopic (exact) mass is 508 g/mol. The summed E-state index contributed by atoms with van der Waals surface area (Å²) < 4.78 is 2.25. The fourth-order valence-corrected chi connectivity index (χ4v) is 5.32. The molecule has 0 amide bonds. The number of rotatable bonds is 8. The van der Waals surface area contributed by atoms with E-state index in [0.29, 0.717) is 11.1 Å². The third-order valence-corrected chi connectivity index (χ3v) is 7.21. The highest BCUT2D eigenvalue weighted by atomic mass is 16.1. The molecule has 0 saturated heterocycles. The summed E-state index contributed by atoms with van der Waals surface area (Å²) in [5, 5.41) is 2.16. The van der Waals surface area contributed by atoms with Gasteiger partial charge in [0, 0.05) is 56.5 Å². The van der Waals surface area contributed by atoms with Crippen molar-refractivity contribution < 1.29 is 9.59 Å². The number of carbonyl (C=O) groups is 2. The molecule has 0 aliphatic rings. The van der Waals surface area contributed by atoms with Crippen molar-refractivity contribution in [3.05, 3.63) is 139 Å². The van der Waals surface area contributed by atoms with Crippen LogP contribution in [0.4, 0.5) is 17.1 Å². The minimum atomic E-state index is -0.186. The molecule has 190 valence electrons. The number of Topliss-reactive ketones (excluding diaryl/α,β-unsaturated/α-hetero) is 2. The summed E-state index contributed by atoms with van der Waals surface area (Å²) in [5.74, 6) is -0.358. The molecule has 0 bridgehead atoms. The molecule has 0 radical (unpaired) electrons. The minimum Gasteiger partial charge on any atom is -0.341 e. The Morgan fingerprint density at radius 1 is 0.564 bits per heavy atom. The van der Waals surface area contributed by atoms with E-state index in [0.717, 1.165) is 45.4 Å². The average Bonchev–Trinajstić information content (AvgIpc) is 3.31. The molecule has 39 heavy (non-hydrogen) atoms. The number of para-hydroxylation sites is 3. The van der Waals surface area contributed by atoms with Crippen molar-refractivity contribution >= 4 is 50.4 Å². The van der Waals surface area contributed by atoms with E-state index in [9.17, 15) is 9.59 Å². The van der Waals surface area contributed by atoms with Gasteiger partial charge in [-0.25, -0.2) is 0 Å². The van der Waals surface area contributed by atoms with E-state index in [1.165, 1.54) is 0 Å². The molecular weight excluding hydrogens is 480 g/mol. The van der Waals surface area contributed by atoms with Crippen LogP contribution in [0.25, 0.3) is 21.8 Å². The number of aromatic nitrogens is 1. The van der Waals surface area contributed by atoms with Crippen molar-refractivity contribution in [2.45, 2.75) is 19.9 Å². The lowest BCUT2D eigenvalue weighted by Gasteiger charge is -2.25. The van der Waals surface area contributed by atoms with Gasteiger partial charge in [0.25, 0.3) is 0 Å². The Bertz CT molecular complexity index is 1750. The molecule has 0 fully saturated rings. The van der Waals surface area contributed by atoms with E-state index in [1.807, 2.05) is 91.0 Å². The van der Waals surface area contributed by atoms with Crippen molar-refractivity contribution in [1.29, 1.82) is 0 Å². The van der Waals surface area contributed by atoms with Gasteiger partial charge in [-0.15, -0.1) is 0 Å². The molecule has 0 atom stereocenters. The summed E-state index contributed by atoms with van der Waals surface area (Å²) in [7, 11) is 0. The zero-order chi connectivity index (χ0) is 26.8. The smallest absolute Gasteiger partial charge is 0.170 e. The molecule has 6 aromatic rings. The maximum Gasteiger partial charge on any atom is 0.170 e. The maximum atomic E-state index is 13.2. The quantitative estimate of drug-likeness (QED) is 0.152. The molecule has 0 aliphatic carbocycles. The highest BCUT2D eigenvalue weighted by Crippen LogP contribution is 2.34. The van der Waals surface area contributed by atoms with Crippen LogP contribution in [0.2, 0.25) is 0 Å². The summed E-state index contributed by atoms with van der Waals surface area (Å²) in [6.45, 7) is 2.96. The van der Waals surface area contributed by atoms with Crippen molar-refractivity contribution in [2.24, 2.45) is 0 Å². The first-order valence-corrected chi connectivity index (χ1v) is 13.2. The molecule has 1 heterocycles. The fraction of sp³-hybridized carbons (Fsp3) is 0.0857. The Kier molecular flexibility index (Phi) is 6.52. The largest absolute Gasteiger partial charge is 0.341 e. The summed E-state index contributed by atoms with van der Waals surface area (Å²) in [4.78, 5) is 28.5. The van der Waals surface area contributed by atoms with Gasteiger partial charge < -0.3 is 9.47 Å². The Hall–Kier alpha value is -4.96. The molecule has 1 aromatic heterocycles. The van der Waals surface area contributed by atoms with E-state index in [2.05, 4.69) is 52.8 Å². The second-order valence-electron chi connectivity index (χ2n) is 9.57. The van der Waals surface area contributed by atoms with Crippen molar-refractivity contribution in [1.82, 2.24) is 4.57 Å². The lowest BCUT2D eigenvalue weighted by atomic mass is 9.99. The van der Waals surface area contributed by atoms with E-state index >= 15 is 0 Å². The predicted octanol–water partition coefficient (Wildman–Crippen LogP) is 8.74. The molecule has 0 spiro atoms. The first-order valence-electron chi connectivity index (χ1n) is 13.2. The van der Waals surface area contributed by atoms with Crippen LogP contribution in [0.3, 0.4) is 0 Å². The standard InChI is InChI=1S/C35H28N2O2/c1-2-36-32-16-10-9-15-30(32)31-23-26(19-22-33(31)36)35(39)24-34(38)25-17-20-29(21-18-25)37(27-11-5-3-6-12-27)28-13-7-4-8-14-28/h3-23H,2,24H2,1H3. The second-order valence-corrected chi connectivity index (χ2v) is 9.57. The van der Waals surface area contributed by atoms with Crippen LogP contribution in [-0.4, -0.2) is 16.1 Å². The van der Waals surface area contributed by atoms with Gasteiger partial charge in [-0.2, -0.15) is 0 Å². The summed E-state index contributed by atoms with van der Waals surface area (Å²) in [5.41, 5.74) is 6.32. The Labute approximate surface area is 227 Å². The van der Waals surface area contributed by atoms with Gasteiger partial charge in [-0.1, -0.05) is 54.6 Å². The number of nitrogens with zero attached hydrogens (tertiary/aromatic N) is 2. The van der Waals surface area contributed by atoms with Gasteiger partial charge in [0.15, 0.2) is 11.6 Å². The molecule has 0 saturated carbocycles. The van der Waals surface area contributed by atoms with Crippen LogP contribution in [0, 0.1) is 0 Å². The summed E-state index contributed by atoms with van der Waals surface area (Å²) in [6, 6.07) is 41.7. The van der Waals surface area contributed by atoms with E-state index in [4.69, 9.17) is 0 Å². The number of ketones is 2. The van der Waals surface area contributed by atoms with Crippen LogP contribution in [-0.2, 0) is 6.54 Å². The zero-order valence-electron chi connectivity index (χ0n) is 21.7.